The van der Waals surface area contributed by atoms with Gasteiger partial charge in [0, 0.05) is 5.02 Å². The Morgan fingerprint density at radius 1 is 1.15 bits per heavy atom. The molecule has 2 aromatic heterocycles. The van der Waals surface area contributed by atoms with Crippen LogP contribution in [0.25, 0.3) is 11.0 Å². The van der Waals surface area contributed by atoms with Crippen LogP contribution in [0.5, 0.6) is 11.5 Å². The maximum Gasteiger partial charge on any atom is 0.297 e. The molecule has 0 spiro atoms. The summed E-state index contributed by atoms with van der Waals surface area (Å²) in [6.07, 6.45) is 0.844. The fourth-order valence-electron chi connectivity index (χ4n) is 4.03. The fraction of sp³-hybridized carbons (Fsp3) is 0.250. The molecule has 34 heavy (non-hydrogen) atoms. The summed E-state index contributed by atoms with van der Waals surface area (Å²) in [6.45, 7) is 4.35. The minimum absolute atomic E-state index is 0.0250. The van der Waals surface area contributed by atoms with Crippen molar-refractivity contribution in [1.29, 1.82) is 0 Å². The summed E-state index contributed by atoms with van der Waals surface area (Å²) in [6, 6.07) is 9.30. The average Bonchev–Trinajstić information content (AvgIpc) is 3.39. The quantitative estimate of drug-likeness (QED) is 0.363. The highest BCUT2D eigenvalue weighted by molar-refractivity contribution is 7.15. The van der Waals surface area contributed by atoms with Gasteiger partial charge in [-0.05, 0) is 49.2 Å². The Labute approximate surface area is 203 Å². The van der Waals surface area contributed by atoms with Gasteiger partial charge in [-0.25, -0.2) is 0 Å². The average molecular weight is 498 g/mol. The van der Waals surface area contributed by atoms with Gasteiger partial charge in [-0.3, -0.25) is 14.5 Å². The zero-order chi connectivity index (χ0) is 24.0. The number of methoxy groups -OCH3 is 1. The van der Waals surface area contributed by atoms with Crippen LogP contribution in [-0.2, 0) is 0 Å². The van der Waals surface area contributed by atoms with Crippen LogP contribution in [0.3, 0.4) is 0 Å². The van der Waals surface area contributed by atoms with E-state index in [1.165, 1.54) is 16.2 Å². The fourth-order valence-corrected chi connectivity index (χ4v) is 4.91. The number of fused-ring (bicyclic) bond motifs is 2. The lowest BCUT2D eigenvalue weighted by Crippen LogP contribution is -2.29. The Hall–Kier alpha value is -3.43. The minimum atomic E-state index is -0.788. The maximum absolute atomic E-state index is 13.7. The number of amides is 1. The molecular formula is C24H20ClN3O5S. The van der Waals surface area contributed by atoms with Gasteiger partial charge in [-0.15, -0.1) is 10.2 Å². The third-order valence-electron chi connectivity index (χ3n) is 5.52. The highest BCUT2D eigenvalue weighted by Crippen LogP contribution is 2.44. The summed E-state index contributed by atoms with van der Waals surface area (Å²) < 4.78 is 17.3. The van der Waals surface area contributed by atoms with Gasteiger partial charge in [0.25, 0.3) is 5.91 Å². The summed E-state index contributed by atoms with van der Waals surface area (Å²) in [5.74, 6) is 0.583. The van der Waals surface area contributed by atoms with Gasteiger partial charge in [-0.1, -0.05) is 35.9 Å². The van der Waals surface area contributed by atoms with E-state index in [0.717, 1.165) is 6.42 Å². The lowest BCUT2D eigenvalue weighted by molar-refractivity contribution is 0.0970. The second-order valence-electron chi connectivity index (χ2n) is 7.75. The number of hydrogen-bond donors (Lipinski definition) is 0. The minimum Gasteiger partial charge on any atom is -0.493 e. The first kappa shape index (κ1) is 22.4. The largest absolute Gasteiger partial charge is 0.493 e. The highest BCUT2D eigenvalue weighted by atomic mass is 35.5. The number of ether oxygens (including phenoxy) is 2. The second kappa shape index (κ2) is 8.73. The van der Waals surface area contributed by atoms with Crippen LogP contribution >= 0.6 is 22.9 Å². The predicted molar refractivity (Wildman–Crippen MR) is 130 cm³/mol. The molecule has 4 aromatic rings. The lowest BCUT2D eigenvalue weighted by atomic mass is 9.98. The SMILES string of the molecule is CCCOc1ccc([C@H]2c3c(oc4ccc(Cl)cc4c3=O)C(=O)N2c2nnc(C)s2)cc1OC. The van der Waals surface area contributed by atoms with Crippen LogP contribution in [0, 0.1) is 6.92 Å². The molecule has 1 amide bonds. The number of aromatic nitrogens is 2. The van der Waals surface area contributed by atoms with Crippen molar-refractivity contribution in [2.24, 2.45) is 0 Å². The number of benzene rings is 2. The van der Waals surface area contributed by atoms with Crippen molar-refractivity contribution in [3.05, 3.63) is 73.5 Å². The molecule has 0 saturated carbocycles. The first-order chi connectivity index (χ1) is 16.4. The molecule has 0 unspecified atom stereocenters. The summed E-state index contributed by atoms with van der Waals surface area (Å²) in [4.78, 5) is 28.7. The normalized spacial score (nSPS) is 15.1. The van der Waals surface area contributed by atoms with E-state index in [-0.39, 0.29) is 22.3 Å². The number of hydrogen-bond acceptors (Lipinski definition) is 8. The Balaban J connectivity index is 1.75. The third-order valence-corrected chi connectivity index (χ3v) is 6.59. The van der Waals surface area contributed by atoms with Crippen molar-refractivity contribution in [1.82, 2.24) is 10.2 Å². The van der Waals surface area contributed by atoms with Crippen LogP contribution in [-0.4, -0.2) is 29.8 Å². The standard InChI is InChI=1S/C24H20ClN3O5S/c1-4-9-32-17-7-5-13(10-18(17)31-3)20-19-21(29)15-11-14(25)6-8-16(15)33-22(19)23(30)28(20)24-27-26-12(2)34-24/h5-8,10-11,20H,4,9H2,1-3H3/t20-/m0/s1. The molecule has 5 rings (SSSR count). The van der Waals surface area contributed by atoms with Crippen molar-refractivity contribution in [3.8, 4) is 11.5 Å². The Morgan fingerprint density at radius 3 is 2.68 bits per heavy atom. The molecule has 1 atom stereocenters. The van der Waals surface area contributed by atoms with E-state index in [1.54, 1.807) is 44.4 Å². The van der Waals surface area contributed by atoms with Gasteiger partial charge in [0.05, 0.1) is 30.7 Å². The molecular weight excluding hydrogens is 478 g/mol. The molecule has 3 heterocycles. The Bertz CT molecular complexity index is 1480. The lowest BCUT2D eigenvalue weighted by Gasteiger charge is -2.23. The molecule has 10 heteroatoms. The molecule has 0 bridgehead atoms. The summed E-state index contributed by atoms with van der Waals surface area (Å²) >= 11 is 7.40. The zero-order valence-corrected chi connectivity index (χ0v) is 20.2. The van der Waals surface area contributed by atoms with E-state index in [1.807, 2.05) is 13.0 Å². The van der Waals surface area contributed by atoms with Gasteiger partial charge < -0.3 is 13.9 Å². The topological polar surface area (TPSA) is 94.8 Å². The monoisotopic (exact) mass is 497 g/mol. The van der Waals surface area contributed by atoms with Gasteiger partial charge in [0.1, 0.15) is 10.6 Å². The predicted octanol–water partition coefficient (Wildman–Crippen LogP) is 5.15. The van der Waals surface area contributed by atoms with E-state index >= 15 is 0 Å². The van der Waals surface area contributed by atoms with Crippen LogP contribution in [0.2, 0.25) is 5.02 Å². The van der Waals surface area contributed by atoms with Crippen LogP contribution < -0.4 is 19.8 Å². The summed E-state index contributed by atoms with van der Waals surface area (Å²) in [7, 11) is 1.54. The molecule has 0 aliphatic carbocycles. The molecule has 0 N–H and O–H groups in total. The van der Waals surface area contributed by atoms with E-state index < -0.39 is 11.9 Å². The number of halogens is 1. The summed E-state index contributed by atoms with van der Waals surface area (Å²) in [5.41, 5.74) is 0.828. The van der Waals surface area contributed by atoms with E-state index in [2.05, 4.69) is 10.2 Å². The number of carbonyl (C=O) groups excluding carboxylic acids is 1. The smallest absolute Gasteiger partial charge is 0.297 e. The molecule has 0 radical (unpaired) electrons. The number of rotatable bonds is 6. The van der Waals surface area contributed by atoms with Crippen molar-refractivity contribution < 1.29 is 18.7 Å². The number of aryl methyl sites for hydroxylation is 1. The molecule has 2 aromatic carbocycles. The molecule has 1 aliphatic rings. The summed E-state index contributed by atoms with van der Waals surface area (Å²) in [5, 5.41) is 9.99. The van der Waals surface area contributed by atoms with Crippen LogP contribution in [0.4, 0.5) is 5.13 Å². The Kier molecular flexibility index (Phi) is 5.75. The molecule has 1 aliphatic heterocycles. The first-order valence-electron chi connectivity index (χ1n) is 10.6. The van der Waals surface area contributed by atoms with E-state index in [0.29, 0.717) is 44.2 Å². The van der Waals surface area contributed by atoms with Gasteiger partial charge >= 0.3 is 0 Å². The van der Waals surface area contributed by atoms with Gasteiger partial charge in [0.2, 0.25) is 10.9 Å². The highest BCUT2D eigenvalue weighted by Gasteiger charge is 2.45. The van der Waals surface area contributed by atoms with Crippen molar-refractivity contribution in [2.75, 3.05) is 18.6 Å². The van der Waals surface area contributed by atoms with E-state index in [9.17, 15) is 9.59 Å². The van der Waals surface area contributed by atoms with Crippen molar-refractivity contribution in [3.63, 3.8) is 0 Å². The second-order valence-corrected chi connectivity index (χ2v) is 9.35. The zero-order valence-electron chi connectivity index (χ0n) is 18.6. The van der Waals surface area contributed by atoms with Crippen LogP contribution in [0.1, 0.15) is 46.1 Å². The number of anilines is 1. The number of carbonyl (C=O) groups is 1. The third kappa shape index (κ3) is 3.61. The molecule has 0 fully saturated rings. The molecule has 8 nitrogen and oxygen atoms in total. The van der Waals surface area contributed by atoms with Crippen LogP contribution in [0.15, 0.2) is 45.6 Å². The van der Waals surface area contributed by atoms with Crippen molar-refractivity contribution in [2.45, 2.75) is 26.3 Å². The van der Waals surface area contributed by atoms with Gasteiger partial charge in [-0.2, -0.15) is 0 Å². The van der Waals surface area contributed by atoms with Gasteiger partial charge in [0.15, 0.2) is 16.9 Å². The maximum atomic E-state index is 13.7. The molecule has 174 valence electrons. The van der Waals surface area contributed by atoms with E-state index in [4.69, 9.17) is 25.5 Å². The first-order valence-corrected chi connectivity index (χ1v) is 11.8. The van der Waals surface area contributed by atoms with Crippen molar-refractivity contribution >= 4 is 44.9 Å². The Morgan fingerprint density at radius 2 is 1.97 bits per heavy atom. The number of nitrogens with zero attached hydrogens (tertiary/aromatic N) is 3. The molecule has 0 saturated heterocycles.